The van der Waals surface area contributed by atoms with Crippen molar-refractivity contribution in [1.82, 2.24) is 4.90 Å². The Kier molecular flexibility index (Phi) is 2.46. The minimum Gasteiger partial charge on any atom is -0.392 e. The van der Waals surface area contributed by atoms with Gasteiger partial charge in [0, 0.05) is 28.2 Å². The second-order valence-corrected chi connectivity index (χ2v) is 10.9. The molecule has 4 saturated heterocycles. The summed E-state index contributed by atoms with van der Waals surface area (Å²) in [6.07, 6.45) is 5.38. The maximum atomic E-state index is 11.4. The zero-order chi connectivity index (χ0) is 17.8. The van der Waals surface area contributed by atoms with Crippen molar-refractivity contribution >= 4 is 0 Å². The maximum absolute atomic E-state index is 11.4. The van der Waals surface area contributed by atoms with Crippen LogP contribution < -0.4 is 0 Å². The average molecular weight is 357 g/mol. The van der Waals surface area contributed by atoms with Crippen LogP contribution in [-0.4, -0.2) is 52.2 Å². The fourth-order valence-electron chi connectivity index (χ4n) is 10.5. The van der Waals surface area contributed by atoms with E-state index in [1.807, 2.05) is 0 Å². The summed E-state index contributed by atoms with van der Waals surface area (Å²) in [5.41, 5.74) is 1.28. The van der Waals surface area contributed by atoms with E-state index in [2.05, 4.69) is 25.3 Å². The second kappa shape index (κ2) is 4.12. The van der Waals surface area contributed by atoms with Gasteiger partial charge in [-0.1, -0.05) is 20.4 Å². The van der Waals surface area contributed by atoms with E-state index in [1.54, 1.807) is 0 Å². The Balaban J connectivity index is 1.51. The van der Waals surface area contributed by atoms with Crippen LogP contribution in [-0.2, 0) is 4.74 Å². The van der Waals surface area contributed by atoms with Crippen LogP contribution in [0.15, 0.2) is 12.2 Å². The van der Waals surface area contributed by atoms with E-state index in [1.165, 1.54) is 19.3 Å². The summed E-state index contributed by atoms with van der Waals surface area (Å²) in [5.74, 6) is 1.77. The van der Waals surface area contributed by atoms with Gasteiger partial charge in [0.05, 0.1) is 18.3 Å². The molecule has 4 nitrogen and oxygen atoms in total. The van der Waals surface area contributed by atoms with E-state index >= 15 is 0 Å². The summed E-state index contributed by atoms with van der Waals surface area (Å²) in [5, 5.41) is 22.4. The van der Waals surface area contributed by atoms with Crippen LogP contribution in [0, 0.1) is 39.9 Å². The third-order valence-electron chi connectivity index (χ3n) is 11.0. The van der Waals surface area contributed by atoms with Gasteiger partial charge in [-0.25, -0.2) is 0 Å². The van der Waals surface area contributed by atoms with Crippen molar-refractivity contribution in [1.29, 1.82) is 0 Å². The van der Waals surface area contributed by atoms with Crippen molar-refractivity contribution in [3.63, 3.8) is 0 Å². The van der Waals surface area contributed by atoms with Crippen molar-refractivity contribution in [3.05, 3.63) is 12.2 Å². The van der Waals surface area contributed by atoms with Crippen molar-refractivity contribution in [2.45, 2.75) is 76.5 Å². The molecule has 0 aromatic heterocycles. The largest absolute Gasteiger partial charge is 0.392 e. The van der Waals surface area contributed by atoms with E-state index < -0.39 is 6.10 Å². The Morgan fingerprint density at radius 2 is 2.08 bits per heavy atom. The molecule has 9 bridgehead atoms. The molecule has 4 aliphatic heterocycles. The fourth-order valence-corrected chi connectivity index (χ4v) is 10.5. The number of piperidine rings is 1. The topological polar surface area (TPSA) is 52.9 Å². The molecule has 4 heterocycles. The molecule has 0 unspecified atom stereocenters. The standard InChI is InChI=1S/C22H31NO3/c1-4-23-17-12-7-14-20(3)6-5-16(26-19(20)23)22(14,17)15-8-13(24)11-9-21(12,15)18(25)10(11)2/h11-19,24-25H,2,4-9H2,1,3H3/t11-,12+,13-,14-,15-,16+,17-,18-,19-,20-,21+,22+/m1/s1. The van der Waals surface area contributed by atoms with E-state index in [0.29, 0.717) is 29.9 Å². The summed E-state index contributed by atoms with van der Waals surface area (Å²) in [4.78, 5) is 2.69. The highest BCUT2D eigenvalue weighted by molar-refractivity contribution is 5.40. The highest BCUT2D eigenvalue weighted by atomic mass is 16.5. The zero-order valence-corrected chi connectivity index (χ0v) is 15.9. The van der Waals surface area contributed by atoms with E-state index in [9.17, 15) is 10.2 Å². The van der Waals surface area contributed by atoms with Crippen molar-refractivity contribution in [2.24, 2.45) is 39.9 Å². The van der Waals surface area contributed by atoms with Crippen LogP contribution in [0.25, 0.3) is 0 Å². The molecule has 9 fully saturated rings. The lowest BCUT2D eigenvalue weighted by Gasteiger charge is -2.73. The first-order valence-corrected chi connectivity index (χ1v) is 10.9. The highest BCUT2D eigenvalue weighted by Gasteiger charge is 2.88. The predicted octanol–water partition coefficient (Wildman–Crippen LogP) is 2.16. The molecule has 0 aromatic carbocycles. The van der Waals surface area contributed by atoms with Gasteiger partial charge in [-0.15, -0.1) is 0 Å². The van der Waals surface area contributed by atoms with Gasteiger partial charge in [0.15, 0.2) is 0 Å². The Labute approximate surface area is 155 Å². The lowest BCUT2D eigenvalue weighted by atomic mass is 9.41. The molecule has 9 rings (SSSR count). The first kappa shape index (κ1) is 15.5. The number of hydrogen-bond acceptors (Lipinski definition) is 4. The van der Waals surface area contributed by atoms with Crippen LogP contribution in [0.2, 0.25) is 0 Å². The molecule has 5 saturated carbocycles. The molecule has 5 aliphatic carbocycles. The first-order chi connectivity index (χ1) is 12.4. The quantitative estimate of drug-likeness (QED) is 0.706. The molecule has 0 aromatic rings. The number of aliphatic hydroxyl groups is 2. The number of ether oxygens (including phenoxy) is 1. The molecular formula is C22H31NO3. The molecule has 2 spiro atoms. The van der Waals surface area contributed by atoms with Gasteiger partial charge in [0.1, 0.15) is 6.23 Å². The molecule has 0 amide bonds. The van der Waals surface area contributed by atoms with Crippen LogP contribution >= 0.6 is 0 Å². The molecule has 26 heavy (non-hydrogen) atoms. The number of nitrogens with zero attached hydrogens (tertiary/aromatic N) is 1. The van der Waals surface area contributed by atoms with Gasteiger partial charge >= 0.3 is 0 Å². The van der Waals surface area contributed by atoms with E-state index in [-0.39, 0.29) is 34.5 Å². The molecular weight excluding hydrogens is 326 g/mol. The normalized spacial score (nSPS) is 69.5. The molecule has 2 N–H and O–H groups in total. The maximum Gasteiger partial charge on any atom is 0.116 e. The van der Waals surface area contributed by atoms with Gasteiger partial charge in [-0.05, 0) is 62.0 Å². The lowest BCUT2D eigenvalue weighted by Crippen LogP contribution is -2.78. The number of fused-ring (bicyclic) bond motifs is 2. The van der Waals surface area contributed by atoms with E-state index in [0.717, 1.165) is 25.0 Å². The Morgan fingerprint density at radius 1 is 1.27 bits per heavy atom. The molecule has 0 radical (unpaired) electrons. The third kappa shape index (κ3) is 1.14. The predicted molar refractivity (Wildman–Crippen MR) is 96.0 cm³/mol. The summed E-state index contributed by atoms with van der Waals surface area (Å²) in [6, 6.07) is 0.547. The van der Waals surface area contributed by atoms with Crippen LogP contribution in [0.4, 0.5) is 0 Å². The summed E-state index contributed by atoms with van der Waals surface area (Å²) in [7, 11) is 0. The summed E-state index contributed by atoms with van der Waals surface area (Å²) in [6.45, 7) is 10.1. The van der Waals surface area contributed by atoms with Gasteiger partial charge in [0.2, 0.25) is 0 Å². The fraction of sp³-hybridized carbons (Fsp3) is 0.909. The SMILES string of the molecule is C=C1[C@H]2C[C@@]3([C@@H]1O)[C@@H](C[C@H]2O)[C@]12[C@@H]4CC[C@]5(C)[C@H]1C[C@H]3[C@H]2N(CC)[C@@H]5O4. The smallest absolute Gasteiger partial charge is 0.116 e. The first-order valence-electron chi connectivity index (χ1n) is 10.9. The van der Waals surface area contributed by atoms with E-state index in [4.69, 9.17) is 4.74 Å². The minimum absolute atomic E-state index is 0.0470. The number of hydrogen-bond donors (Lipinski definition) is 2. The Hall–Kier alpha value is -0.420. The zero-order valence-electron chi connectivity index (χ0n) is 15.9. The van der Waals surface area contributed by atoms with Crippen molar-refractivity contribution in [3.8, 4) is 0 Å². The Bertz CT molecular complexity index is 739. The monoisotopic (exact) mass is 357 g/mol. The second-order valence-electron chi connectivity index (χ2n) is 10.9. The van der Waals surface area contributed by atoms with Gasteiger partial charge in [-0.2, -0.15) is 0 Å². The van der Waals surface area contributed by atoms with Crippen molar-refractivity contribution in [2.75, 3.05) is 6.54 Å². The number of rotatable bonds is 1. The lowest BCUT2D eigenvalue weighted by molar-refractivity contribution is -0.372. The molecule has 9 aliphatic rings. The van der Waals surface area contributed by atoms with Crippen LogP contribution in [0.3, 0.4) is 0 Å². The third-order valence-corrected chi connectivity index (χ3v) is 11.0. The summed E-state index contributed by atoms with van der Waals surface area (Å²) < 4.78 is 6.78. The molecule has 12 atom stereocenters. The van der Waals surface area contributed by atoms with Gasteiger partial charge in [-0.3, -0.25) is 4.90 Å². The van der Waals surface area contributed by atoms with Crippen LogP contribution in [0.1, 0.15) is 46.0 Å². The van der Waals surface area contributed by atoms with Gasteiger partial charge in [0.25, 0.3) is 0 Å². The molecule has 142 valence electrons. The van der Waals surface area contributed by atoms with Crippen LogP contribution in [0.5, 0.6) is 0 Å². The van der Waals surface area contributed by atoms with Gasteiger partial charge < -0.3 is 14.9 Å². The van der Waals surface area contributed by atoms with Crippen molar-refractivity contribution < 1.29 is 14.9 Å². The highest BCUT2D eigenvalue weighted by Crippen LogP contribution is 2.86. The molecule has 4 heteroatoms. The number of aliphatic hydroxyl groups excluding tert-OH is 2. The Morgan fingerprint density at radius 3 is 2.85 bits per heavy atom. The minimum atomic E-state index is -0.426. The average Bonchev–Trinajstić information content (AvgIpc) is 3.17. The summed E-state index contributed by atoms with van der Waals surface area (Å²) >= 11 is 0.